The van der Waals surface area contributed by atoms with E-state index in [0.717, 1.165) is 29.1 Å². The van der Waals surface area contributed by atoms with E-state index < -0.39 is 16.2 Å². The molecule has 0 bridgehead atoms. The van der Waals surface area contributed by atoms with Gasteiger partial charge in [0.05, 0.1) is 47.2 Å². The van der Waals surface area contributed by atoms with Crippen LogP contribution in [0.1, 0.15) is 94.6 Å². The molecular weight excluding hydrogens is 582 g/mol. The van der Waals surface area contributed by atoms with Gasteiger partial charge in [0.25, 0.3) is 5.69 Å². The van der Waals surface area contributed by atoms with Crippen molar-refractivity contribution in [2.24, 2.45) is 0 Å². The number of hydrogen-bond acceptors (Lipinski definition) is 9. The number of likely N-dealkylation sites (tertiary alicyclic amines) is 1. The van der Waals surface area contributed by atoms with Crippen LogP contribution in [0.25, 0.3) is 0 Å². The lowest BCUT2D eigenvalue weighted by Crippen LogP contribution is -2.34. The zero-order valence-electron chi connectivity index (χ0n) is 25.8. The molecule has 1 aliphatic rings. The second kappa shape index (κ2) is 15.7. The highest BCUT2D eigenvalue weighted by molar-refractivity contribution is 8.00. The zero-order chi connectivity index (χ0) is 31.6. The van der Waals surface area contributed by atoms with Crippen LogP contribution in [0.4, 0.5) is 5.69 Å². The number of nitro benzene ring substituents is 1. The fourth-order valence-corrected chi connectivity index (χ4v) is 6.51. The molecule has 3 atom stereocenters. The molecule has 1 aliphatic heterocycles. The second-order valence-corrected chi connectivity index (χ2v) is 12.3. The number of hydrogen-bond donors (Lipinski definition) is 0. The number of benzene rings is 2. The third kappa shape index (κ3) is 7.96. The highest BCUT2D eigenvalue weighted by Gasteiger charge is 2.43. The Bertz CT molecular complexity index is 1430. The van der Waals surface area contributed by atoms with Crippen LogP contribution in [-0.2, 0) is 16.2 Å². The Kier molecular flexibility index (Phi) is 11.8. The molecule has 0 N–H and O–H groups in total. The van der Waals surface area contributed by atoms with E-state index in [-0.39, 0.29) is 53.6 Å². The highest BCUT2D eigenvalue weighted by Crippen LogP contribution is 2.41. The lowest BCUT2D eigenvalue weighted by atomic mass is 10.0. The standard InChI is InChI=1S/C32H41N5O6S/c1-5-6-7-8-9-13-16-44-30-19-31(38)36(32(30)39)23(3)26-17-28(42-4)29(18-27(26)37(40)41)43-21-25-20-35(34-33-25)22(2)24-14-11-10-12-15-24/h10-12,14-15,17-18,20,22-23,30H,5-9,13,16,19,21H2,1-4H3. The fourth-order valence-electron chi connectivity index (χ4n) is 5.34. The van der Waals surface area contributed by atoms with E-state index >= 15 is 0 Å². The topological polar surface area (TPSA) is 130 Å². The molecule has 4 rings (SSSR count). The van der Waals surface area contributed by atoms with Crippen LogP contribution in [0, 0.1) is 10.1 Å². The summed E-state index contributed by atoms with van der Waals surface area (Å²) >= 11 is 1.50. The van der Waals surface area contributed by atoms with Crippen molar-refractivity contribution in [2.75, 3.05) is 12.9 Å². The summed E-state index contributed by atoms with van der Waals surface area (Å²) in [5.41, 5.74) is 1.54. The average molecular weight is 624 g/mol. The maximum Gasteiger partial charge on any atom is 0.278 e. The van der Waals surface area contributed by atoms with Crippen LogP contribution in [0.15, 0.2) is 48.7 Å². The van der Waals surface area contributed by atoms with E-state index in [1.807, 2.05) is 37.3 Å². The molecule has 236 valence electrons. The first-order chi connectivity index (χ1) is 21.2. The number of carbonyl (C=O) groups excluding carboxylic acids is 2. The minimum absolute atomic E-state index is 0.00449. The van der Waals surface area contributed by atoms with Crippen molar-refractivity contribution in [3.8, 4) is 11.5 Å². The average Bonchev–Trinajstić information content (AvgIpc) is 3.62. The molecule has 1 saturated heterocycles. The summed E-state index contributed by atoms with van der Waals surface area (Å²) in [4.78, 5) is 39.0. The molecule has 3 aromatic rings. The normalized spacial score (nSPS) is 16.3. The molecule has 2 amide bonds. The van der Waals surface area contributed by atoms with Gasteiger partial charge in [-0.3, -0.25) is 24.6 Å². The SMILES string of the molecule is CCCCCCCCSC1CC(=O)N(C(C)c2cc(OC)c(OCc3cn(C(C)c4ccccc4)nn3)cc2[N+](=O)[O-])C1=O. The largest absolute Gasteiger partial charge is 0.493 e. The summed E-state index contributed by atoms with van der Waals surface area (Å²) in [6.45, 7) is 5.82. The van der Waals surface area contributed by atoms with E-state index in [1.54, 1.807) is 17.8 Å². The molecular formula is C32H41N5O6S. The molecule has 11 nitrogen and oxygen atoms in total. The Morgan fingerprint density at radius 2 is 1.77 bits per heavy atom. The Labute approximate surface area is 262 Å². The molecule has 1 fully saturated rings. The van der Waals surface area contributed by atoms with Crippen molar-refractivity contribution in [3.63, 3.8) is 0 Å². The molecule has 2 aromatic carbocycles. The maximum atomic E-state index is 13.3. The van der Waals surface area contributed by atoms with E-state index in [9.17, 15) is 19.7 Å². The van der Waals surface area contributed by atoms with E-state index in [0.29, 0.717) is 5.69 Å². The number of carbonyl (C=O) groups is 2. The Balaban J connectivity index is 1.44. The molecule has 2 heterocycles. The Morgan fingerprint density at radius 1 is 1.05 bits per heavy atom. The Morgan fingerprint density at radius 3 is 2.48 bits per heavy atom. The maximum absolute atomic E-state index is 13.3. The van der Waals surface area contributed by atoms with Gasteiger partial charge >= 0.3 is 0 Å². The van der Waals surface area contributed by atoms with Gasteiger partial charge in [0.15, 0.2) is 11.5 Å². The van der Waals surface area contributed by atoms with E-state index in [2.05, 4.69) is 17.2 Å². The molecule has 0 saturated carbocycles. The van der Waals surface area contributed by atoms with E-state index in [1.165, 1.54) is 56.7 Å². The lowest BCUT2D eigenvalue weighted by Gasteiger charge is -2.24. The first-order valence-electron chi connectivity index (χ1n) is 15.2. The van der Waals surface area contributed by atoms with Gasteiger partial charge in [0.2, 0.25) is 11.8 Å². The first-order valence-corrected chi connectivity index (χ1v) is 16.2. The predicted molar refractivity (Wildman–Crippen MR) is 169 cm³/mol. The van der Waals surface area contributed by atoms with Crippen LogP contribution >= 0.6 is 11.8 Å². The fraction of sp³-hybridized carbons (Fsp3) is 0.500. The number of thioether (sulfide) groups is 1. The van der Waals surface area contributed by atoms with Crippen molar-refractivity contribution in [3.05, 3.63) is 75.6 Å². The number of rotatable bonds is 17. The van der Waals surface area contributed by atoms with Crippen molar-refractivity contribution in [1.82, 2.24) is 19.9 Å². The van der Waals surface area contributed by atoms with Gasteiger partial charge in [-0.05, 0) is 37.7 Å². The molecule has 12 heteroatoms. The molecule has 3 unspecified atom stereocenters. The molecule has 44 heavy (non-hydrogen) atoms. The number of nitrogens with zero attached hydrogens (tertiary/aromatic N) is 5. The summed E-state index contributed by atoms with van der Waals surface area (Å²) in [5, 5.41) is 20.1. The summed E-state index contributed by atoms with van der Waals surface area (Å²) in [6, 6.07) is 11.7. The zero-order valence-corrected chi connectivity index (χ0v) is 26.6. The molecule has 1 aromatic heterocycles. The number of amides is 2. The molecule has 0 aliphatic carbocycles. The monoisotopic (exact) mass is 623 g/mol. The quantitative estimate of drug-likeness (QED) is 0.0701. The third-order valence-corrected chi connectivity index (χ3v) is 9.21. The van der Waals surface area contributed by atoms with Crippen LogP contribution in [0.5, 0.6) is 11.5 Å². The number of aromatic nitrogens is 3. The smallest absolute Gasteiger partial charge is 0.278 e. The molecule has 0 spiro atoms. The molecule has 0 radical (unpaired) electrons. The minimum atomic E-state index is -0.850. The van der Waals surface area contributed by atoms with Gasteiger partial charge in [0, 0.05) is 6.42 Å². The van der Waals surface area contributed by atoms with Crippen molar-refractivity contribution >= 4 is 29.3 Å². The van der Waals surface area contributed by atoms with Gasteiger partial charge in [-0.25, -0.2) is 4.68 Å². The first kappa shape index (κ1) is 33.0. The summed E-state index contributed by atoms with van der Waals surface area (Å²) < 4.78 is 13.2. The number of ether oxygens (including phenoxy) is 2. The predicted octanol–water partition coefficient (Wildman–Crippen LogP) is 6.67. The van der Waals surface area contributed by atoms with Gasteiger partial charge in [-0.15, -0.1) is 16.9 Å². The second-order valence-electron chi connectivity index (χ2n) is 11.0. The number of imide groups is 1. The van der Waals surface area contributed by atoms with Crippen LogP contribution in [-0.4, -0.2) is 54.7 Å². The van der Waals surface area contributed by atoms with E-state index in [4.69, 9.17) is 9.47 Å². The van der Waals surface area contributed by atoms with Gasteiger partial charge in [-0.2, -0.15) is 0 Å². The summed E-state index contributed by atoms with van der Waals surface area (Å²) in [7, 11) is 1.43. The number of methoxy groups -OCH3 is 1. The minimum Gasteiger partial charge on any atom is -0.493 e. The van der Waals surface area contributed by atoms with Crippen LogP contribution in [0.2, 0.25) is 0 Å². The lowest BCUT2D eigenvalue weighted by molar-refractivity contribution is -0.386. The summed E-state index contributed by atoms with van der Waals surface area (Å²) in [6.07, 6.45) is 8.78. The van der Waals surface area contributed by atoms with Crippen molar-refractivity contribution in [1.29, 1.82) is 0 Å². The van der Waals surface area contributed by atoms with Crippen LogP contribution < -0.4 is 9.47 Å². The van der Waals surface area contributed by atoms with Crippen LogP contribution in [0.3, 0.4) is 0 Å². The third-order valence-electron chi connectivity index (χ3n) is 7.92. The number of unbranched alkanes of at least 4 members (excludes halogenated alkanes) is 5. The van der Waals surface area contributed by atoms with Crippen molar-refractivity contribution < 1.29 is 24.0 Å². The Hall–Kier alpha value is -3.93. The number of nitro groups is 1. The van der Waals surface area contributed by atoms with Crippen molar-refractivity contribution in [2.45, 2.75) is 89.7 Å². The van der Waals surface area contributed by atoms with Gasteiger partial charge < -0.3 is 9.47 Å². The highest BCUT2D eigenvalue weighted by atomic mass is 32.2. The van der Waals surface area contributed by atoms with Gasteiger partial charge in [0.1, 0.15) is 12.3 Å². The van der Waals surface area contributed by atoms with Gasteiger partial charge in [-0.1, -0.05) is 74.6 Å². The summed E-state index contributed by atoms with van der Waals surface area (Å²) in [5.74, 6) is 0.559.